The fraction of sp³-hybridized carbons (Fsp3) is 0.500. The Balaban J connectivity index is 1.90. The van der Waals surface area contributed by atoms with E-state index in [2.05, 4.69) is 10.6 Å². The standard InChI is InChI=1S/C14H18F3N3O/c1-18-6-9-4-5-20(7-9)8-12(21)19-11-3-2-10(15)13(16)14(11)17/h2-3,9,18H,4-8H2,1H3,(H,19,21). The Bertz CT molecular complexity index is 524. The second-order valence-electron chi connectivity index (χ2n) is 5.22. The van der Waals surface area contributed by atoms with Gasteiger partial charge in [-0.2, -0.15) is 0 Å². The van der Waals surface area contributed by atoms with E-state index in [-0.39, 0.29) is 12.2 Å². The molecule has 1 aromatic rings. The van der Waals surface area contributed by atoms with Crippen LogP contribution in [0.3, 0.4) is 0 Å². The van der Waals surface area contributed by atoms with Gasteiger partial charge in [0.1, 0.15) is 0 Å². The Kier molecular flexibility index (Phi) is 5.19. The third-order valence-corrected chi connectivity index (χ3v) is 3.54. The topological polar surface area (TPSA) is 44.4 Å². The number of benzene rings is 1. The van der Waals surface area contributed by atoms with Crippen molar-refractivity contribution >= 4 is 11.6 Å². The molecule has 7 heteroatoms. The molecule has 1 fully saturated rings. The Labute approximate surface area is 121 Å². The molecule has 1 amide bonds. The van der Waals surface area contributed by atoms with Crippen LogP contribution >= 0.6 is 0 Å². The largest absolute Gasteiger partial charge is 0.322 e. The van der Waals surface area contributed by atoms with E-state index < -0.39 is 23.4 Å². The number of carbonyl (C=O) groups is 1. The minimum atomic E-state index is -1.58. The van der Waals surface area contributed by atoms with Gasteiger partial charge in [0.05, 0.1) is 12.2 Å². The summed E-state index contributed by atoms with van der Waals surface area (Å²) >= 11 is 0. The van der Waals surface area contributed by atoms with Crippen LogP contribution in [0.1, 0.15) is 6.42 Å². The average Bonchev–Trinajstić information content (AvgIpc) is 2.87. The number of nitrogens with zero attached hydrogens (tertiary/aromatic N) is 1. The van der Waals surface area contributed by atoms with Gasteiger partial charge >= 0.3 is 0 Å². The lowest BCUT2D eigenvalue weighted by molar-refractivity contribution is -0.117. The number of carbonyl (C=O) groups excluding carboxylic acids is 1. The summed E-state index contributed by atoms with van der Waals surface area (Å²) in [5, 5.41) is 5.36. The SMILES string of the molecule is CNCC1CCN(CC(=O)Nc2ccc(F)c(F)c2F)C1. The molecule has 1 aliphatic rings. The lowest BCUT2D eigenvalue weighted by Gasteiger charge is -2.16. The maximum absolute atomic E-state index is 13.4. The summed E-state index contributed by atoms with van der Waals surface area (Å²) in [7, 11) is 1.88. The molecular formula is C14H18F3N3O. The van der Waals surface area contributed by atoms with E-state index >= 15 is 0 Å². The minimum Gasteiger partial charge on any atom is -0.322 e. The molecule has 1 heterocycles. The Morgan fingerprint density at radius 2 is 2.10 bits per heavy atom. The minimum absolute atomic E-state index is 0.110. The summed E-state index contributed by atoms with van der Waals surface area (Å²) < 4.78 is 39.3. The highest BCUT2D eigenvalue weighted by Crippen LogP contribution is 2.20. The van der Waals surface area contributed by atoms with E-state index in [1.165, 1.54) is 0 Å². The van der Waals surface area contributed by atoms with E-state index in [4.69, 9.17) is 0 Å². The number of hydrogen-bond acceptors (Lipinski definition) is 3. The van der Waals surface area contributed by atoms with Gasteiger partial charge < -0.3 is 10.6 Å². The lowest BCUT2D eigenvalue weighted by Crippen LogP contribution is -2.32. The molecule has 1 atom stereocenters. The van der Waals surface area contributed by atoms with Gasteiger partial charge in [-0.3, -0.25) is 9.69 Å². The number of rotatable bonds is 5. The molecule has 1 aliphatic heterocycles. The van der Waals surface area contributed by atoms with Crippen LogP contribution in [-0.2, 0) is 4.79 Å². The van der Waals surface area contributed by atoms with Crippen LogP contribution < -0.4 is 10.6 Å². The maximum Gasteiger partial charge on any atom is 0.238 e. The number of nitrogens with one attached hydrogen (secondary N) is 2. The molecule has 21 heavy (non-hydrogen) atoms. The van der Waals surface area contributed by atoms with Gasteiger partial charge in [-0.15, -0.1) is 0 Å². The zero-order valence-corrected chi connectivity index (χ0v) is 11.8. The molecule has 116 valence electrons. The summed E-state index contributed by atoms with van der Waals surface area (Å²) in [6, 6.07) is 1.80. The van der Waals surface area contributed by atoms with Crippen molar-refractivity contribution in [1.82, 2.24) is 10.2 Å². The molecule has 0 aromatic heterocycles. The lowest BCUT2D eigenvalue weighted by atomic mass is 10.1. The molecule has 0 saturated carbocycles. The second kappa shape index (κ2) is 6.91. The summed E-state index contributed by atoms with van der Waals surface area (Å²) in [5.74, 6) is -4.19. The molecule has 0 radical (unpaired) electrons. The molecule has 0 spiro atoms. The van der Waals surface area contributed by atoms with Crippen LogP contribution in [0.2, 0.25) is 0 Å². The summed E-state index contributed by atoms with van der Waals surface area (Å²) in [6.45, 7) is 2.57. The maximum atomic E-state index is 13.4. The smallest absolute Gasteiger partial charge is 0.238 e. The number of amides is 1. The van der Waals surface area contributed by atoms with Crippen LogP contribution in [0.15, 0.2) is 12.1 Å². The van der Waals surface area contributed by atoms with Gasteiger partial charge in [-0.25, -0.2) is 13.2 Å². The fourth-order valence-electron chi connectivity index (χ4n) is 2.53. The summed E-state index contributed by atoms with van der Waals surface area (Å²) in [5.41, 5.74) is -0.343. The second-order valence-corrected chi connectivity index (χ2v) is 5.22. The van der Waals surface area contributed by atoms with E-state index in [0.717, 1.165) is 38.2 Å². The van der Waals surface area contributed by atoms with Crippen molar-refractivity contribution in [3.8, 4) is 0 Å². The molecule has 4 nitrogen and oxygen atoms in total. The predicted octanol–water partition coefficient (Wildman–Crippen LogP) is 1.58. The molecule has 0 aliphatic carbocycles. The van der Waals surface area contributed by atoms with Gasteiger partial charge in [-0.05, 0) is 44.6 Å². The molecule has 0 bridgehead atoms. The normalized spacial score (nSPS) is 19.0. The van der Waals surface area contributed by atoms with Crippen molar-refractivity contribution in [2.75, 3.05) is 38.5 Å². The molecule has 1 unspecified atom stereocenters. The van der Waals surface area contributed by atoms with Gasteiger partial charge in [0.15, 0.2) is 17.5 Å². The molecule has 2 rings (SSSR count). The Hall–Kier alpha value is -1.60. The van der Waals surface area contributed by atoms with Crippen LogP contribution in [0, 0.1) is 23.4 Å². The number of likely N-dealkylation sites (tertiary alicyclic amines) is 1. The molecule has 1 aromatic carbocycles. The average molecular weight is 301 g/mol. The highest BCUT2D eigenvalue weighted by atomic mass is 19.2. The van der Waals surface area contributed by atoms with Crippen molar-refractivity contribution in [2.45, 2.75) is 6.42 Å². The van der Waals surface area contributed by atoms with E-state index in [0.29, 0.717) is 5.92 Å². The number of hydrogen-bond donors (Lipinski definition) is 2. The molecule has 2 N–H and O–H groups in total. The van der Waals surface area contributed by atoms with Crippen molar-refractivity contribution in [1.29, 1.82) is 0 Å². The first-order valence-corrected chi connectivity index (χ1v) is 6.81. The number of halogens is 3. The zero-order valence-electron chi connectivity index (χ0n) is 11.8. The summed E-state index contributed by atoms with van der Waals surface area (Å²) in [6.07, 6.45) is 0.994. The monoisotopic (exact) mass is 301 g/mol. The first kappa shape index (κ1) is 15.8. The zero-order chi connectivity index (χ0) is 15.4. The van der Waals surface area contributed by atoms with Gasteiger partial charge in [0, 0.05) is 6.54 Å². The Morgan fingerprint density at radius 3 is 2.81 bits per heavy atom. The van der Waals surface area contributed by atoms with E-state index in [9.17, 15) is 18.0 Å². The highest BCUT2D eigenvalue weighted by Gasteiger charge is 2.24. The van der Waals surface area contributed by atoms with Crippen molar-refractivity contribution in [3.63, 3.8) is 0 Å². The summed E-state index contributed by atoms with van der Waals surface area (Å²) in [4.78, 5) is 13.8. The first-order valence-electron chi connectivity index (χ1n) is 6.81. The fourth-order valence-corrected chi connectivity index (χ4v) is 2.53. The first-order chi connectivity index (χ1) is 10.0. The molecular weight excluding hydrogens is 283 g/mol. The van der Waals surface area contributed by atoms with Gasteiger partial charge in [0.25, 0.3) is 0 Å². The Morgan fingerprint density at radius 1 is 1.33 bits per heavy atom. The number of anilines is 1. The van der Waals surface area contributed by atoms with Crippen LogP contribution in [-0.4, -0.2) is 44.0 Å². The highest BCUT2D eigenvalue weighted by molar-refractivity contribution is 5.92. The molecule has 1 saturated heterocycles. The van der Waals surface area contributed by atoms with Gasteiger partial charge in [0.2, 0.25) is 5.91 Å². The van der Waals surface area contributed by atoms with Crippen molar-refractivity contribution in [3.05, 3.63) is 29.6 Å². The van der Waals surface area contributed by atoms with Crippen LogP contribution in [0.25, 0.3) is 0 Å². The van der Waals surface area contributed by atoms with Gasteiger partial charge in [-0.1, -0.05) is 0 Å². The van der Waals surface area contributed by atoms with E-state index in [1.807, 2.05) is 11.9 Å². The van der Waals surface area contributed by atoms with Crippen molar-refractivity contribution in [2.24, 2.45) is 5.92 Å². The van der Waals surface area contributed by atoms with Crippen LogP contribution in [0.5, 0.6) is 0 Å². The van der Waals surface area contributed by atoms with Crippen LogP contribution in [0.4, 0.5) is 18.9 Å². The van der Waals surface area contributed by atoms with E-state index in [1.54, 1.807) is 0 Å². The third-order valence-electron chi connectivity index (χ3n) is 3.54. The third kappa shape index (κ3) is 3.95. The van der Waals surface area contributed by atoms with Crippen molar-refractivity contribution < 1.29 is 18.0 Å². The predicted molar refractivity (Wildman–Crippen MR) is 73.4 cm³/mol. The quantitative estimate of drug-likeness (QED) is 0.812.